The van der Waals surface area contributed by atoms with E-state index in [2.05, 4.69) is 5.32 Å². The average molecular weight is 410 g/mol. The van der Waals surface area contributed by atoms with E-state index in [-0.39, 0.29) is 44.2 Å². The number of carbonyl (C=O) groups is 1. The van der Waals surface area contributed by atoms with Crippen molar-refractivity contribution in [3.8, 4) is 0 Å². The Bertz CT molecular complexity index is 989. The molecular weight excluding hydrogens is 390 g/mol. The number of benzene rings is 2. The van der Waals surface area contributed by atoms with Gasteiger partial charge < -0.3 is 10.1 Å². The molecule has 3 rings (SSSR count). The second-order valence-corrected chi connectivity index (χ2v) is 8.33. The van der Waals surface area contributed by atoms with Crippen molar-refractivity contribution in [2.45, 2.75) is 18.4 Å². The second kappa shape index (κ2) is 8.34. The standard InChI is InChI=1S/C19H20F2N2O4S/c1-13-2-3-14(10-17(13)21)12-22-19(24)15-4-5-16(20)18(11-15)28(25,26)23-6-8-27-9-7-23/h2-5,10-11H,6-9,12H2,1H3,(H,22,24). The molecule has 1 N–H and O–H groups in total. The number of rotatable bonds is 5. The van der Waals surface area contributed by atoms with Gasteiger partial charge in [-0.05, 0) is 42.3 Å². The fraction of sp³-hybridized carbons (Fsp3) is 0.316. The molecule has 1 aliphatic heterocycles. The number of halogens is 2. The Morgan fingerprint density at radius 3 is 2.50 bits per heavy atom. The van der Waals surface area contributed by atoms with Crippen LogP contribution in [0.1, 0.15) is 21.5 Å². The molecule has 6 nitrogen and oxygen atoms in total. The average Bonchev–Trinajstić information content (AvgIpc) is 2.69. The van der Waals surface area contributed by atoms with Crippen LogP contribution in [0.2, 0.25) is 0 Å². The van der Waals surface area contributed by atoms with Gasteiger partial charge in [-0.1, -0.05) is 12.1 Å². The van der Waals surface area contributed by atoms with Gasteiger partial charge in [0.15, 0.2) is 0 Å². The molecule has 2 aromatic rings. The zero-order valence-corrected chi connectivity index (χ0v) is 16.1. The summed E-state index contributed by atoms with van der Waals surface area (Å²) in [6, 6.07) is 7.77. The molecule has 1 fully saturated rings. The fourth-order valence-corrected chi connectivity index (χ4v) is 4.30. The summed E-state index contributed by atoms with van der Waals surface area (Å²) in [7, 11) is -4.08. The third-order valence-corrected chi connectivity index (χ3v) is 6.38. The zero-order chi connectivity index (χ0) is 20.3. The third kappa shape index (κ3) is 4.37. The Hall–Kier alpha value is -2.36. The molecule has 9 heteroatoms. The molecular formula is C19H20F2N2O4S. The van der Waals surface area contributed by atoms with Crippen LogP contribution in [0.4, 0.5) is 8.78 Å². The molecule has 0 atom stereocenters. The lowest BCUT2D eigenvalue weighted by atomic mass is 10.1. The largest absolute Gasteiger partial charge is 0.379 e. The highest BCUT2D eigenvalue weighted by atomic mass is 32.2. The number of carbonyl (C=O) groups excluding carboxylic acids is 1. The van der Waals surface area contributed by atoms with E-state index in [1.807, 2.05) is 0 Å². The summed E-state index contributed by atoms with van der Waals surface area (Å²) in [5.74, 6) is -1.89. The highest BCUT2D eigenvalue weighted by molar-refractivity contribution is 7.89. The van der Waals surface area contributed by atoms with Gasteiger partial charge in [-0.2, -0.15) is 4.31 Å². The van der Waals surface area contributed by atoms with Gasteiger partial charge in [0.2, 0.25) is 10.0 Å². The highest BCUT2D eigenvalue weighted by Gasteiger charge is 2.29. The molecule has 150 valence electrons. The van der Waals surface area contributed by atoms with Crippen LogP contribution in [0.3, 0.4) is 0 Å². The molecule has 1 heterocycles. The van der Waals surface area contributed by atoms with Crippen LogP contribution in [-0.2, 0) is 21.3 Å². The van der Waals surface area contributed by atoms with Crippen LogP contribution in [-0.4, -0.2) is 44.9 Å². The van der Waals surface area contributed by atoms with E-state index in [9.17, 15) is 22.0 Å². The van der Waals surface area contributed by atoms with E-state index in [0.29, 0.717) is 11.1 Å². The number of ether oxygens (including phenoxy) is 1. The maximum absolute atomic E-state index is 14.2. The molecule has 28 heavy (non-hydrogen) atoms. The van der Waals surface area contributed by atoms with Crippen molar-refractivity contribution in [1.82, 2.24) is 9.62 Å². The fourth-order valence-electron chi connectivity index (χ4n) is 2.80. The first-order chi connectivity index (χ1) is 13.3. The summed E-state index contributed by atoms with van der Waals surface area (Å²) in [6.45, 7) is 2.39. The van der Waals surface area contributed by atoms with Gasteiger partial charge in [-0.25, -0.2) is 17.2 Å². The predicted octanol–water partition coefficient (Wildman–Crippen LogP) is 2.22. The number of sulfonamides is 1. The molecule has 0 bridgehead atoms. The maximum Gasteiger partial charge on any atom is 0.251 e. The maximum atomic E-state index is 14.2. The Morgan fingerprint density at radius 2 is 1.82 bits per heavy atom. The zero-order valence-electron chi connectivity index (χ0n) is 15.2. The summed E-state index contributed by atoms with van der Waals surface area (Å²) in [6.07, 6.45) is 0. The van der Waals surface area contributed by atoms with E-state index in [0.717, 1.165) is 16.4 Å². The van der Waals surface area contributed by atoms with Crippen molar-refractivity contribution in [3.05, 3.63) is 64.7 Å². The number of hydrogen-bond donors (Lipinski definition) is 1. The van der Waals surface area contributed by atoms with E-state index >= 15 is 0 Å². The minimum atomic E-state index is -4.08. The first kappa shape index (κ1) is 20.4. The molecule has 1 aliphatic rings. The summed E-state index contributed by atoms with van der Waals surface area (Å²) in [5, 5.41) is 2.58. The van der Waals surface area contributed by atoms with Gasteiger partial charge in [0, 0.05) is 25.2 Å². The Labute approximate surface area is 162 Å². The molecule has 0 radical (unpaired) electrons. The first-order valence-corrected chi connectivity index (χ1v) is 10.1. The number of morpholine rings is 1. The van der Waals surface area contributed by atoms with Gasteiger partial charge in [-0.3, -0.25) is 4.79 Å². The Kier molecular flexibility index (Phi) is 6.07. The summed E-state index contributed by atoms with van der Waals surface area (Å²) in [5.41, 5.74) is 1.05. The summed E-state index contributed by atoms with van der Waals surface area (Å²) in [4.78, 5) is 11.8. The van der Waals surface area contributed by atoms with E-state index in [1.165, 1.54) is 12.1 Å². The second-order valence-electron chi connectivity index (χ2n) is 6.43. The van der Waals surface area contributed by atoms with Gasteiger partial charge >= 0.3 is 0 Å². The summed E-state index contributed by atoms with van der Waals surface area (Å²) < 4.78 is 59.4. The van der Waals surface area contributed by atoms with Crippen LogP contribution in [0.15, 0.2) is 41.3 Å². The predicted molar refractivity (Wildman–Crippen MR) is 98.3 cm³/mol. The van der Waals surface area contributed by atoms with Crippen LogP contribution in [0.25, 0.3) is 0 Å². The molecule has 2 aromatic carbocycles. The van der Waals surface area contributed by atoms with Crippen molar-refractivity contribution in [3.63, 3.8) is 0 Å². The normalized spacial score (nSPS) is 15.4. The Balaban J connectivity index is 1.78. The molecule has 0 spiro atoms. The number of hydrogen-bond acceptors (Lipinski definition) is 4. The number of nitrogens with one attached hydrogen (secondary N) is 1. The number of amides is 1. The lowest BCUT2D eigenvalue weighted by molar-refractivity contribution is 0.0729. The molecule has 0 aliphatic carbocycles. The minimum Gasteiger partial charge on any atom is -0.379 e. The van der Waals surface area contributed by atoms with Gasteiger partial charge in [-0.15, -0.1) is 0 Å². The van der Waals surface area contributed by atoms with Crippen molar-refractivity contribution < 1.29 is 26.7 Å². The van der Waals surface area contributed by atoms with Gasteiger partial charge in [0.25, 0.3) is 5.91 Å². The monoisotopic (exact) mass is 410 g/mol. The molecule has 1 saturated heterocycles. The quantitative estimate of drug-likeness (QED) is 0.820. The lowest BCUT2D eigenvalue weighted by Crippen LogP contribution is -2.41. The van der Waals surface area contributed by atoms with E-state index in [4.69, 9.17) is 4.74 Å². The number of aryl methyl sites for hydroxylation is 1. The van der Waals surface area contributed by atoms with Crippen LogP contribution < -0.4 is 5.32 Å². The minimum absolute atomic E-state index is 0.000757. The number of nitrogens with zero attached hydrogens (tertiary/aromatic N) is 1. The third-order valence-electron chi connectivity index (χ3n) is 4.47. The van der Waals surface area contributed by atoms with Crippen molar-refractivity contribution in [1.29, 1.82) is 0 Å². The molecule has 0 saturated carbocycles. The lowest BCUT2D eigenvalue weighted by Gasteiger charge is -2.26. The first-order valence-electron chi connectivity index (χ1n) is 8.70. The Morgan fingerprint density at radius 1 is 1.11 bits per heavy atom. The molecule has 0 aromatic heterocycles. The van der Waals surface area contributed by atoms with Crippen molar-refractivity contribution in [2.24, 2.45) is 0 Å². The summed E-state index contributed by atoms with van der Waals surface area (Å²) >= 11 is 0. The SMILES string of the molecule is Cc1ccc(CNC(=O)c2ccc(F)c(S(=O)(=O)N3CCOCC3)c2)cc1F. The topological polar surface area (TPSA) is 75.7 Å². The highest BCUT2D eigenvalue weighted by Crippen LogP contribution is 2.22. The van der Waals surface area contributed by atoms with Crippen LogP contribution in [0.5, 0.6) is 0 Å². The van der Waals surface area contributed by atoms with Crippen LogP contribution >= 0.6 is 0 Å². The smallest absolute Gasteiger partial charge is 0.251 e. The van der Waals surface area contributed by atoms with E-state index in [1.54, 1.807) is 19.1 Å². The molecule has 0 unspecified atom stereocenters. The van der Waals surface area contributed by atoms with Gasteiger partial charge in [0.05, 0.1) is 13.2 Å². The van der Waals surface area contributed by atoms with Crippen molar-refractivity contribution >= 4 is 15.9 Å². The molecule has 1 amide bonds. The van der Waals surface area contributed by atoms with E-state index < -0.39 is 26.6 Å². The van der Waals surface area contributed by atoms with Gasteiger partial charge in [0.1, 0.15) is 16.5 Å². The van der Waals surface area contributed by atoms with Crippen LogP contribution in [0, 0.1) is 18.6 Å². The van der Waals surface area contributed by atoms with Crippen molar-refractivity contribution in [2.75, 3.05) is 26.3 Å².